The molecule has 2 rings (SSSR count). The topological polar surface area (TPSA) is 9.23 Å². The zero-order chi connectivity index (χ0) is 15.5. The van der Waals surface area contributed by atoms with Gasteiger partial charge in [-0.1, -0.05) is 29.8 Å². The summed E-state index contributed by atoms with van der Waals surface area (Å²) >= 11 is 7.59. The van der Waals surface area contributed by atoms with Crippen molar-refractivity contribution < 1.29 is 17.9 Å². The fraction of sp³-hybridized carbons (Fsp3) is 0.333. The molecule has 2 unspecified atom stereocenters. The Bertz CT molecular complexity index is 537. The second-order valence-corrected chi connectivity index (χ2v) is 5.82. The fourth-order valence-corrected chi connectivity index (χ4v) is 2.71. The Kier molecular flexibility index (Phi) is 5.41. The summed E-state index contributed by atoms with van der Waals surface area (Å²) in [6.07, 6.45) is 2.71. The molecule has 0 fully saturated rings. The first-order valence-electron chi connectivity index (χ1n) is 6.18. The third-order valence-electron chi connectivity index (χ3n) is 3.02. The summed E-state index contributed by atoms with van der Waals surface area (Å²) < 4.78 is 42.0. The molecule has 1 aliphatic rings. The van der Waals surface area contributed by atoms with Gasteiger partial charge in [0.15, 0.2) is 0 Å². The van der Waals surface area contributed by atoms with Gasteiger partial charge in [0.25, 0.3) is 0 Å². The van der Waals surface area contributed by atoms with Crippen LogP contribution in [0.1, 0.15) is 11.5 Å². The van der Waals surface area contributed by atoms with Crippen molar-refractivity contribution >= 4 is 23.4 Å². The van der Waals surface area contributed by atoms with E-state index >= 15 is 0 Å². The van der Waals surface area contributed by atoms with Gasteiger partial charge in [-0.2, -0.15) is 13.2 Å². The van der Waals surface area contributed by atoms with Crippen LogP contribution in [0.2, 0.25) is 0 Å². The van der Waals surface area contributed by atoms with E-state index in [2.05, 4.69) is 6.08 Å². The Labute approximate surface area is 130 Å². The lowest BCUT2D eigenvalue weighted by molar-refractivity contribution is -0.182. The van der Waals surface area contributed by atoms with Crippen molar-refractivity contribution in [3.63, 3.8) is 0 Å². The van der Waals surface area contributed by atoms with E-state index in [1.54, 1.807) is 17.8 Å². The minimum Gasteiger partial charge on any atom is -0.362 e. The normalized spacial score (nSPS) is 22.2. The van der Waals surface area contributed by atoms with E-state index in [9.17, 15) is 13.2 Å². The number of thioether (sulfide) groups is 1. The zero-order valence-corrected chi connectivity index (χ0v) is 12.7. The molecule has 0 saturated carbocycles. The Hall–Kier alpha value is -0.910. The van der Waals surface area contributed by atoms with Gasteiger partial charge in [-0.05, 0) is 36.1 Å². The van der Waals surface area contributed by atoms with Crippen molar-refractivity contribution in [3.8, 4) is 0 Å². The molecule has 21 heavy (non-hydrogen) atoms. The van der Waals surface area contributed by atoms with Gasteiger partial charge in [-0.3, -0.25) is 0 Å². The van der Waals surface area contributed by atoms with Gasteiger partial charge in [-0.25, -0.2) is 0 Å². The first kappa shape index (κ1) is 16.5. The lowest BCUT2D eigenvalue weighted by Gasteiger charge is -2.27. The van der Waals surface area contributed by atoms with Crippen molar-refractivity contribution in [1.82, 2.24) is 0 Å². The summed E-state index contributed by atoms with van der Waals surface area (Å²) in [5.74, 6) is -0.374. The van der Waals surface area contributed by atoms with Crippen molar-refractivity contribution in [1.29, 1.82) is 0 Å². The summed E-state index contributed by atoms with van der Waals surface area (Å²) in [4.78, 5) is 1.08. The molecule has 1 aliphatic carbocycles. The SMILES string of the molecule is CSc1ccc(C2C=[C]C=C(Cl)C2OCC(F)(F)F)cc1. The molecular formula is C15H13ClF3OS. The highest BCUT2D eigenvalue weighted by Gasteiger charge is 2.33. The fourth-order valence-electron chi connectivity index (χ4n) is 2.04. The molecular weight excluding hydrogens is 321 g/mol. The number of ether oxygens (including phenoxy) is 1. The number of hydrogen-bond donors (Lipinski definition) is 0. The van der Waals surface area contributed by atoms with Gasteiger partial charge in [0, 0.05) is 15.8 Å². The summed E-state index contributed by atoms with van der Waals surface area (Å²) in [7, 11) is 0. The van der Waals surface area contributed by atoms with Gasteiger partial charge >= 0.3 is 6.18 Å². The van der Waals surface area contributed by atoms with Crippen LogP contribution in [-0.4, -0.2) is 25.1 Å². The number of alkyl halides is 3. The van der Waals surface area contributed by atoms with Crippen LogP contribution < -0.4 is 0 Å². The molecule has 0 saturated heterocycles. The summed E-state index contributed by atoms with van der Waals surface area (Å²) in [6.45, 7) is -1.32. The molecule has 6 heteroatoms. The van der Waals surface area contributed by atoms with Gasteiger partial charge < -0.3 is 4.74 Å². The van der Waals surface area contributed by atoms with Crippen LogP contribution in [0.25, 0.3) is 0 Å². The van der Waals surface area contributed by atoms with Crippen molar-refractivity contribution in [2.24, 2.45) is 0 Å². The van der Waals surface area contributed by atoms with Crippen LogP contribution in [-0.2, 0) is 4.74 Å². The van der Waals surface area contributed by atoms with E-state index in [1.807, 2.05) is 30.5 Å². The van der Waals surface area contributed by atoms with Crippen LogP contribution in [0.4, 0.5) is 13.2 Å². The third-order valence-corrected chi connectivity index (χ3v) is 4.09. The summed E-state index contributed by atoms with van der Waals surface area (Å²) in [5, 5.41) is 0.223. The van der Waals surface area contributed by atoms with Crippen LogP contribution in [0.3, 0.4) is 0 Å². The second-order valence-electron chi connectivity index (χ2n) is 4.51. The maximum absolute atomic E-state index is 12.3. The second kappa shape index (κ2) is 6.90. The predicted molar refractivity (Wildman–Crippen MR) is 78.5 cm³/mol. The molecule has 1 nitrogen and oxygen atoms in total. The zero-order valence-electron chi connectivity index (χ0n) is 11.2. The van der Waals surface area contributed by atoms with E-state index in [4.69, 9.17) is 16.3 Å². The minimum atomic E-state index is -4.38. The highest BCUT2D eigenvalue weighted by Crippen LogP contribution is 2.34. The highest BCUT2D eigenvalue weighted by atomic mass is 35.5. The predicted octanol–water partition coefficient (Wildman–Crippen LogP) is 4.94. The monoisotopic (exact) mass is 333 g/mol. The smallest absolute Gasteiger partial charge is 0.362 e. The Balaban J connectivity index is 2.18. The Morgan fingerprint density at radius 2 is 1.95 bits per heavy atom. The quantitative estimate of drug-likeness (QED) is 0.722. The lowest BCUT2D eigenvalue weighted by Crippen LogP contribution is -2.29. The molecule has 0 bridgehead atoms. The number of halogens is 4. The molecule has 0 aliphatic heterocycles. The average Bonchev–Trinajstić information content (AvgIpc) is 2.45. The average molecular weight is 334 g/mol. The standard InChI is InChI=1S/C15H13ClF3OS/c1-21-11-7-5-10(6-8-11)12-3-2-4-13(16)14(12)20-9-15(17,18)19/h3-8,12,14H,9H2,1H3. The van der Waals surface area contributed by atoms with E-state index in [0.717, 1.165) is 10.5 Å². The molecule has 1 radical (unpaired) electrons. The van der Waals surface area contributed by atoms with Crippen molar-refractivity contribution in [2.45, 2.75) is 23.1 Å². The number of benzene rings is 1. The van der Waals surface area contributed by atoms with E-state index < -0.39 is 18.9 Å². The molecule has 2 atom stereocenters. The van der Waals surface area contributed by atoms with E-state index in [0.29, 0.717) is 0 Å². The third kappa shape index (κ3) is 4.53. The minimum absolute atomic E-state index is 0.223. The Morgan fingerprint density at radius 3 is 2.52 bits per heavy atom. The van der Waals surface area contributed by atoms with Crippen LogP contribution in [0, 0.1) is 6.08 Å². The van der Waals surface area contributed by atoms with E-state index in [-0.39, 0.29) is 11.0 Å². The van der Waals surface area contributed by atoms with Crippen molar-refractivity contribution in [2.75, 3.05) is 12.9 Å². The maximum atomic E-state index is 12.3. The molecule has 113 valence electrons. The van der Waals surface area contributed by atoms with E-state index in [1.165, 1.54) is 6.08 Å². The molecule has 0 spiro atoms. The highest BCUT2D eigenvalue weighted by molar-refractivity contribution is 7.98. The molecule has 0 N–H and O–H groups in total. The maximum Gasteiger partial charge on any atom is 0.411 e. The van der Waals surface area contributed by atoms with Gasteiger partial charge in [0.05, 0.1) is 0 Å². The number of rotatable bonds is 4. The van der Waals surface area contributed by atoms with Crippen molar-refractivity contribution in [3.05, 3.63) is 53.1 Å². The summed E-state index contributed by atoms with van der Waals surface area (Å²) in [5.41, 5.74) is 0.846. The number of allylic oxidation sites excluding steroid dienone is 2. The number of hydrogen-bond acceptors (Lipinski definition) is 2. The first-order chi connectivity index (χ1) is 9.90. The Morgan fingerprint density at radius 1 is 1.29 bits per heavy atom. The van der Waals surface area contributed by atoms with Gasteiger partial charge in [0.1, 0.15) is 12.7 Å². The molecule has 1 aromatic rings. The van der Waals surface area contributed by atoms with Gasteiger partial charge in [-0.15, -0.1) is 11.8 Å². The molecule has 0 amide bonds. The molecule has 0 aromatic heterocycles. The largest absolute Gasteiger partial charge is 0.411 e. The van der Waals surface area contributed by atoms with Crippen LogP contribution in [0.15, 0.2) is 46.3 Å². The molecule has 0 heterocycles. The van der Waals surface area contributed by atoms with Crippen LogP contribution >= 0.6 is 23.4 Å². The summed E-state index contributed by atoms with van der Waals surface area (Å²) in [6, 6.07) is 7.57. The lowest BCUT2D eigenvalue weighted by atomic mass is 9.90. The molecule has 1 aromatic carbocycles. The van der Waals surface area contributed by atoms with Gasteiger partial charge in [0.2, 0.25) is 0 Å². The van der Waals surface area contributed by atoms with Crippen LogP contribution in [0.5, 0.6) is 0 Å². The first-order valence-corrected chi connectivity index (χ1v) is 7.78.